The molecule has 1 unspecified atom stereocenters. The van der Waals surface area contributed by atoms with Crippen molar-refractivity contribution < 1.29 is 0 Å². The zero-order valence-electron chi connectivity index (χ0n) is 12.9. The maximum atomic E-state index is 6.06. The SMILES string of the molecule is Cl.Cl.NC1=NC2(c3ccccc3)CN(c3ncccn3)C[C@H]2CS1. The number of rotatable bonds is 2. The fourth-order valence-corrected chi connectivity index (χ4v) is 4.34. The van der Waals surface area contributed by atoms with Crippen LogP contribution in [0.4, 0.5) is 5.95 Å². The predicted octanol–water partition coefficient (Wildman–Crippen LogP) is 2.71. The summed E-state index contributed by atoms with van der Waals surface area (Å²) in [6.07, 6.45) is 3.57. The van der Waals surface area contributed by atoms with Gasteiger partial charge < -0.3 is 10.6 Å². The molecule has 128 valence electrons. The van der Waals surface area contributed by atoms with Crippen molar-refractivity contribution in [3.05, 3.63) is 54.4 Å². The van der Waals surface area contributed by atoms with Crippen LogP contribution in [0.5, 0.6) is 0 Å². The molecule has 0 radical (unpaired) electrons. The van der Waals surface area contributed by atoms with Gasteiger partial charge in [0, 0.05) is 30.6 Å². The fourth-order valence-electron chi connectivity index (χ4n) is 3.36. The molecule has 2 aliphatic rings. The van der Waals surface area contributed by atoms with Gasteiger partial charge in [0.2, 0.25) is 5.95 Å². The van der Waals surface area contributed by atoms with E-state index in [2.05, 4.69) is 39.1 Å². The molecule has 0 aliphatic carbocycles. The van der Waals surface area contributed by atoms with E-state index >= 15 is 0 Å². The van der Waals surface area contributed by atoms with Gasteiger partial charge in [0.25, 0.3) is 0 Å². The van der Waals surface area contributed by atoms with Gasteiger partial charge in [-0.05, 0) is 11.6 Å². The third-order valence-corrected chi connectivity index (χ3v) is 5.35. The second kappa shape index (κ2) is 7.59. The van der Waals surface area contributed by atoms with E-state index in [1.54, 1.807) is 24.2 Å². The van der Waals surface area contributed by atoms with E-state index in [0.29, 0.717) is 11.1 Å². The average molecular weight is 384 g/mol. The van der Waals surface area contributed by atoms with Crippen molar-refractivity contribution >= 4 is 47.7 Å². The lowest BCUT2D eigenvalue weighted by Crippen LogP contribution is -2.40. The molecular formula is C16H19Cl2N5S. The molecule has 5 nitrogen and oxygen atoms in total. The molecule has 2 N–H and O–H groups in total. The van der Waals surface area contributed by atoms with Crippen molar-refractivity contribution in [2.24, 2.45) is 16.6 Å². The monoisotopic (exact) mass is 383 g/mol. The summed E-state index contributed by atoms with van der Waals surface area (Å²) in [7, 11) is 0. The normalized spacial score (nSPS) is 25.1. The van der Waals surface area contributed by atoms with Crippen LogP contribution in [0.3, 0.4) is 0 Å². The molecule has 1 saturated heterocycles. The Kier molecular flexibility index (Phi) is 5.96. The summed E-state index contributed by atoms with van der Waals surface area (Å²) in [6, 6.07) is 12.3. The molecule has 1 aromatic heterocycles. The Bertz CT molecular complexity index is 700. The minimum Gasteiger partial charge on any atom is -0.379 e. The maximum absolute atomic E-state index is 6.06. The van der Waals surface area contributed by atoms with Gasteiger partial charge >= 0.3 is 0 Å². The molecule has 4 rings (SSSR count). The largest absolute Gasteiger partial charge is 0.379 e. The van der Waals surface area contributed by atoms with Crippen LogP contribution in [0.25, 0.3) is 0 Å². The van der Waals surface area contributed by atoms with Crippen LogP contribution in [0.15, 0.2) is 53.8 Å². The highest BCUT2D eigenvalue weighted by molar-refractivity contribution is 8.13. The molecule has 2 aliphatic heterocycles. The Hall–Kier alpha value is -1.50. The fraction of sp³-hybridized carbons (Fsp3) is 0.312. The van der Waals surface area contributed by atoms with Gasteiger partial charge in [0.05, 0.1) is 6.54 Å². The Balaban J connectivity index is 0.00000104. The minimum absolute atomic E-state index is 0. The molecule has 0 spiro atoms. The zero-order valence-corrected chi connectivity index (χ0v) is 15.4. The van der Waals surface area contributed by atoms with Gasteiger partial charge in [-0.2, -0.15) is 0 Å². The number of nitrogens with two attached hydrogens (primary N) is 1. The maximum Gasteiger partial charge on any atom is 0.225 e. The van der Waals surface area contributed by atoms with E-state index in [9.17, 15) is 0 Å². The van der Waals surface area contributed by atoms with Crippen LogP contribution in [0.1, 0.15) is 5.56 Å². The summed E-state index contributed by atoms with van der Waals surface area (Å²) in [5, 5.41) is 0.677. The van der Waals surface area contributed by atoms with E-state index in [-0.39, 0.29) is 30.4 Å². The number of hydrogen-bond acceptors (Lipinski definition) is 6. The summed E-state index contributed by atoms with van der Waals surface area (Å²) in [4.78, 5) is 15.9. The highest BCUT2D eigenvalue weighted by Gasteiger charge is 2.50. The molecule has 3 heterocycles. The number of nitrogens with zero attached hydrogens (tertiary/aromatic N) is 4. The standard InChI is InChI=1S/C16H17N5S.2ClH/c17-14-20-16(12-5-2-1-3-6-12)11-21(9-13(16)10-22-14)15-18-7-4-8-19-15;;/h1-8,13H,9-11H2,(H2,17,20);2*1H/t13-,16?;;/m0../s1. The molecular weight excluding hydrogens is 365 g/mol. The minimum atomic E-state index is -0.282. The molecule has 0 bridgehead atoms. The van der Waals surface area contributed by atoms with E-state index in [1.807, 2.05) is 12.1 Å². The first-order valence-electron chi connectivity index (χ1n) is 7.33. The van der Waals surface area contributed by atoms with Gasteiger partial charge in [0.1, 0.15) is 5.54 Å². The van der Waals surface area contributed by atoms with Crippen LogP contribution in [0, 0.1) is 5.92 Å². The van der Waals surface area contributed by atoms with Gasteiger partial charge in [-0.3, -0.25) is 0 Å². The summed E-state index contributed by atoms with van der Waals surface area (Å²) < 4.78 is 0. The van der Waals surface area contributed by atoms with Crippen LogP contribution in [-0.4, -0.2) is 34.0 Å². The summed E-state index contributed by atoms with van der Waals surface area (Å²) in [5.41, 5.74) is 7.00. The zero-order chi connectivity index (χ0) is 15.0. The molecule has 0 amide bonds. The van der Waals surface area contributed by atoms with Crippen molar-refractivity contribution in [2.45, 2.75) is 5.54 Å². The Labute approximate surface area is 158 Å². The Morgan fingerprint density at radius 1 is 1.08 bits per heavy atom. The number of thioether (sulfide) groups is 1. The first-order chi connectivity index (χ1) is 10.8. The van der Waals surface area contributed by atoms with Crippen LogP contribution in [0.2, 0.25) is 0 Å². The molecule has 1 aromatic carbocycles. The van der Waals surface area contributed by atoms with Gasteiger partial charge in [-0.15, -0.1) is 24.8 Å². The number of amidine groups is 1. The Morgan fingerprint density at radius 3 is 2.50 bits per heavy atom. The number of benzene rings is 1. The van der Waals surface area contributed by atoms with Gasteiger partial charge in [-0.1, -0.05) is 42.1 Å². The van der Waals surface area contributed by atoms with Gasteiger partial charge in [-0.25, -0.2) is 15.0 Å². The number of fused-ring (bicyclic) bond motifs is 1. The lowest BCUT2D eigenvalue weighted by Gasteiger charge is -2.34. The second-order valence-corrected chi connectivity index (χ2v) is 6.72. The quantitative estimate of drug-likeness (QED) is 0.863. The van der Waals surface area contributed by atoms with Crippen molar-refractivity contribution in [1.29, 1.82) is 0 Å². The first kappa shape index (κ1) is 18.8. The van der Waals surface area contributed by atoms with Crippen LogP contribution in [-0.2, 0) is 5.54 Å². The van der Waals surface area contributed by atoms with E-state index < -0.39 is 0 Å². The molecule has 2 aromatic rings. The van der Waals surface area contributed by atoms with E-state index in [1.165, 1.54) is 5.56 Å². The highest BCUT2D eigenvalue weighted by Crippen LogP contribution is 2.45. The molecule has 1 fully saturated rings. The number of hydrogen-bond donors (Lipinski definition) is 1. The van der Waals surface area contributed by atoms with Crippen LogP contribution >= 0.6 is 36.6 Å². The number of aliphatic imine (C=N–C) groups is 1. The highest BCUT2D eigenvalue weighted by atomic mass is 35.5. The number of aromatic nitrogens is 2. The van der Waals surface area contributed by atoms with Crippen molar-refractivity contribution in [1.82, 2.24) is 9.97 Å². The van der Waals surface area contributed by atoms with Crippen molar-refractivity contribution in [3.8, 4) is 0 Å². The molecule has 0 saturated carbocycles. The molecule has 2 atom stereocenters. The lowest BCUT2D eigenvalue weighted by atomic mass is 9.82. The van der Waals surface area contributed by atoms with Crippen molar-refractivity contribution in [3.63, 3.8) is 0 Å². The topological polar surface area (TPSA) is 67.4 Å². The lowest BCUT2D eigenvalue weighted by molar-refractivity contribution is 0.387. The predicted molar refractivity (Wildman–Crippen MR) is 104 cm³/mol. The molecule has 24 heavy (non-hydrogen) atoms. The van der Waals surface area contributed by atoms with Gasteiger partial charge in [0.15, 0.2) is 5.17 Å². The number of halogens is 2. The Morgan fingerprint density at radius 2 is 1.79 bits per heavy atom. The number of anilines is 1. The van der Waals surface area contributed by atoms with Crippen molar-refractivity contribution in [2.75, 3.05) is 23.7 Å². The van der Waals surface area contributed by atoms with E-state index in [4.69, 9.17) is 10.7 Å². The summed E-state index contributed by atoms with van der Waals surface area (Å²) in [6.45, 7) is 1.68. The third-order valence-electron chi connectivity index (χ3n) is 4.40. The third kappa shape index (κ3) is 3.18. The smallest absolute Gasteiger partial charge is 0.225 e. The molecule has 8 heteroatoms. The first-order valence-corrected chi connectivity index (χ1v) is 8.32. The summed E-state index contributed by atoms with van der Waals surface area (Å²) >= 11 is 1.65. The summed E-state index contributed by atoms with van der Waals surface area (Å²) in [5.74, 6) is 2.16. The second-order valence-electron chi connectivity index (χ2n) is 5.68. The average Bonchev–Trinajstić information content (AvgIpc) is 2.96. The van der Waals surface area contributed by atoms with E-state index in [0.717, 1.165) is 24.8 Å². The van der Waals surface area contributed by atoms with Crippen LogP contribution < -0.4 is 10.6 Å².